The molecule has 116 valence electrons. The van der Waals surface area contributed by atoms with Crippen molar-refractivity contribution in [2.24, 2.45) is 10.9 Å². The summed E-state index contributed by atoms with van der Waals surface area (Å²) in [5.74, 6) is -0.290. The number of rotatable bonds is 5. The third-order valence-electron chi connectivity index (χ3n) is 2.56. The van der Waals surface area contributed by atoms with E-state index in [-0.39, 0.29) is 16.8 Å². The Labute approximate surface area is 134 Å². The number of hydrogen-bond donors (Lipinski definition) is 1. The molecular formula is C12H13N5O3S2. The molecule has 0 saturated heterocycles. The fourth-order valence-corrected chi connectivity index (χ4v) is 2.82. The molecule has 0 aliphatic heterocycles. The van der Waals surface area contributed by atoms with Crippen LogP contribution < -0.4 is 5.32 Å². The van der Waals surface area contributed by atoms with Crippen molar-refractivity contribution in [2.45, 2.75) is 20.8 Å². The summed E-state index contributed by atoms with van der Waals surface area (Å²) >= 11 is 2.19. The van der Waals surface area contributed by atoms with Crippen LogP contribution in [0.25, 0.3) is 0 Å². The van der Waals surface area contributed by atoms with E-state index in [1.165, 1.54) is 6.07 Å². The highest BCUT2D eigenvalue weighted by Crippen LogP contribution is 2.28. The van der Waals surface area contributed by atoms with Gasteiger partial charge in [-0.25, -0.2) is 4.99 Å². The maximum atomic E-state index is 11.6. The van der Waals surface area contributed by atoms with Crippen LogP contribution in [0.1, 0.15) is 25.6 Å². The van der Waals surface area contributed by atoms with E-state index in [0.717, 1.165) is 22.7 Å². The minimum absolute atomic E-state index is 0.0618. The van der Waals surface area contributed by atoms with Gasteiger partial charge in [-0.15, -0.1) is 10.2 Å². The van der Waals surface area contributed by atoms with Crippen molar-refractivity contribution < 1.29 is 9.72 Å². The number of amides is 1. The van der Waals surface area contributed by atoms with Crippen LogP contribution in [-0.2, 0) is 4.79 Å². The summed E-state index contributed by atoms with van der Waals surface area (Å²) in [4.78, 5) is 26.8. The van der Waals surface area contributed by atoms with Gasteiger partial charge in [-0.1, -0.05) is 36.5 Å². The Morgan fingerprint density at radius 2 is 2.09 bits per heavy atom. The fraction of sp³-hybridized carbons (Fsp3) is 0.333. The zero-order chi connectivity index (χ0) is 16.3. The number of nitro groups is 1. The second kappa shape index (κ2) is 6.71. The molecule has 0 radical (unpaired) electrons. The Bertz CT molecular complexity index is 735. The highest BCUT2D eigenvalue weighted by Gasteiger charge is 2.13. The lowest BCUT2D eigenvalue weighted by atomic mass is 10.2. The van der Waals surface area contributed by atoms with Crippen LogP contribution in [0.3, 0.4) is 0 Å². The van der Waals surface area contributed by atoms with E-state index in [2.05, 4.69) is 20.5 Å². The average molecular weight is 339 g/mol. The number of carbonyl (C=O) groups excluding carboxylic acids is 1. The number of nitrogens with one attached hydrogen (secondary N) is 1. The number of hydrogen-bond acceptors (Lipinski definition) is 8. The van der Waals surface area contributed by atoms with E-state index in [0.29, 0.717) is 20.9 Å². The van der Waals surface area contributed by atoms with Crippen LogP contribution in [0.4, 0.5) is 15.3 Å². The zero-order valence-corrected chi connectivity index (χ0v) is 13.7. The minimum Gasteiger partial charge on any atom is -0.300 e. The van der Waals surface area contributed by atoms with Gasteiger partial charge in [0.1, 0.15) is 0 Å². The molecule has 2 rings (SSSR count). The second-order valence-electron chi connectivity index (χ2n) is 4.63. The van der Waals surface area contributed by atoms with E-state index in [4.69, 9.17) is 0 Å². The van der Waals surface area contributed by atoms with E-state index in [1.54, 1.807) is 26.8 Å². The zero-order valence-electron chi connectivity index (χ0n) is 12.1. The van der Waals surface area contributed by atoms with Gasteiger partial charge in [-0.2, -0.15) is 0 Å². The van der Waals surface area contributed by atoms with Gasteiger partial charge in [-0.3, -0.25) is 14.9 Å². The molecule has 22 heavy (non-hydrogen) atoms. The third-order valence-corrected chi connectivity index (χ3v) is 4.44. The lowest BCUT2D eigenvalue weighted by Gasteiger charge is -2.02. The number of anilines is 1. The first-order chi connectivity index (χ1) is 10.4. The molecule has 0 fully saturated rings. The highest BCUT2D eigenvalue weighted by molar-refractivity contribution is 7.19. The van der Waals surface area contributed by atoms with E-state index >= 15 is 0 Å². The highest BCUT2D eigenvalue weighted by atomic mass is 32.1. The first kappa shape index (κ1) is 16.2. The predicted octanol–water partition coefficient (Wildman–Crippen LogP) is 3.24. The Balaban J connectivity index is 2.13. The van der Waals surface area contributed by atoms with Crippen molar-refractivity contribution in [3.05, 3.63) is 27.1 Å². The average Bonchev–Trinajstić information content (AvgIpc) is 3.07. The van der Waals surface area contributed by atoms with Gasteiger partial charge in [0.2, 0.25) is 16.2 Å². The maximum Gasteiger partial charge on any atom is 0.324 e. The van der Waals surface area contributed by atoms with Crippen LogP contribution in [0, 0.1) is 16.0 Å². The van der Waals surface area contributed by atoms with E-state index in [1.807, 2.05) is 0 Å². The molecule has 0 aromatic carbocycles. The normalized spacial score (nSPS) is 11.7. The first-order valence-electron chi connectivity index (χ1n) is 6.31. The van der Waals surface area contributed by atoms with E-state index in [9.17, 15) is 14.9 Å². The molecule has 1 amide bonds. The molecule has 8 nitrogen and oxygen atoms in total. The monoisotopic (exact) mass is 339 g/mol. The summed E-state index contributed by atoms with van der Waals surface area (Å²) in [6, 6.07) is 3.08. The summed E-state index contributed by atoms with van der Waals surface area (Å²) in [7, 11) is 0. The van der Waals surface area contributed by atoms with Crippen LogP contribution in [-0.4, -0.2) is 26.7 Å². The Hall–Kier alpha value is -2.20. The number of aliphatic imine (C=N–C) groups is 1. The molecule has 2 heterocycles. The van der Waals surface area contributed by atoms with Crippen molar-refractivity contribution in [1.29, 1.82) is 0 Å². The van der Waals surface area contributed by atoms with Crippen molar-refractivity contribution >= 4 is 49.6 Å². The topological polar surface area (TPSA) is 110 Å². The summed E-state index contributed by atoms with van der Waals surface area (Å²) < 4.78 is 0. The van der Waals surface area contributed by atoms with Gasteiger partial charge in [0, 0.05) is 12.0 Å². The molecule has 2 aromatic heterocycles. The number of carbonyl (C=O) groups is 1. The fourth-order valence-electron chi connectivity index (χ4n) is 1.38. The predicted molar refractivity (Wildman–Crippen MR) is 86.2 cm³/mol. The molecular weight excluding hydrogens is 326 g/mol. The molecule has 10 heteroatoms. The molecule has 0 bridgehead atoms. The summed E-state index contributed by atoms with van der Waals surface area (Å²) in [6.07, 6.45) is 0. The van der Waals surface area contributed by atoms with Gasteiger partial charge in [0.05, 0.1) is 15.5 Å². The van der Waals surface area contributed by atoms with Gasteiger partial charge in [-0.05, 0) is 13.0 Å². The summed E-state index contributed by atoms with van der Waals surface area (Å²) in [5, 5.41) is 21.9. The molecule has 0 aliphatic rings. The lowest BCUT2D eigenvalue weighted by Crippen LogP contribution is -2.17. The van der Waals surface area contributed by atoms with Crippen molar-refractivity contribution in [3.63, 3.8) is 0 Å². The summed E-state index contributed by atoms with van der Waals surface area (Å²) in [6.45, 7) is 5.30. The SMILES string of the molecule is C/C(=N\c1nnc(NC(=O)C(C)C)s1)c1ccc([N+](=O)[O-])s1. The number of nitrogens with zero attached hydrogens (tertiary/aromatic N) is 4. The molecule has 1 N–H and O–H groups in total. The molecule has 0 atom stereocenters. The first-order valence-corrected chi connectivity index (χ1v) is 7.94. The van der Waals surface area contributed by atoms with Crippen LogP contribution in [0.5, 0.6) is 0 Å². The van der Waals surface area contributed by atoms with E-state index < -0.39 is 4.92 Å². The Kier molecular flexibility index (Phi) is 4.93. The van der Waals surface area contributed by atoms with Crippen molar-refractivity contribution in [1.82, 2.24) is 10.2 Å². The van der Waals surface area contributed by atoms with Gasteiger partial charge < -0.3 is 5.32 Å². The van der Waals surface area contributed by atoms with Crippen LogP contribution in [0.15, 0.2) is 17.1 Å². The molecule has 0 saturated carbocycles. The minimum atomic E-state index is -0.439. The largest absolute Gasteiger partial charge is 0.324 e. The van der Waals surface area contributed by atoms with Crippen molar-refractivity contribution in [2.75, 3.05) is 5.32 Å². The van der Waals surface area contributed by atoms with Gasteiger partial charge in [0.25, 0.3) is 0 Å². The molecule has 0 unspecified atom stereocenters. The Morgan fingerprint density at radius 3 is 2.68 bits per heavy atom. The standard InChI is InChI=1S/C12H13N5O3S2/c1-6(2)10(18)14-12-16-15-11(22-12)13-7(3)8-4-5-9(21-8)17(19)20/h4-6H,1-3H3,(H,14,16,18)/b13-7+. The Morgan fingerprint density at radius 1 is 1.36 bits per heavy atom. The number of thiophene rings is 1. The van der Waals surface area contributed by atoms with Gasteiger partial charge >= 0.3 is 5.00 Å². The smallest absolute Gasteiger partial charge is 0.300 e. The van der Waals surface area contributed by atoms with Crippen LogP contribution in [0.2, 0.25) is 0 Å². The molecule has 2 aromatic rings. The third kappa shape index (κ3) is 3.92. The molecule has 0 spiro atoms. The molecule has 0 aliphatic carbocycles. The maximum absolute atomic E-state index is 11.6. The quantitative estimate of drug-likeness (QED) is 0.511. The lowest BCUT2D eigenvalue weighted by molar-refractivity contribution is -0.380. The second-order valence-corrected chi connectivity index (χ2v) is 6.64. The van der Waals surface area contributed by atoms with Crippen molar-refractivity contribution in [3.8, 4) is 0 Å². The van der Waals surface area contributed by atoms with Crippen LogP contribution >= 0.6 is 22.7 Å². The summed E-state index contributed by atoms with van der Waals surface area (Å²) in [5.41, 5.74) is 0.607. The number of aromatic nitrogens is 2. The van der Waals surface area contributed by atoms with Gasteiger partial charge in [0.15, 0.2) is 0 Å².